The molecule has 0 amide bonds. The van der Waals surface area contributed by atoms with Crippen LogP contribution in [0.4, 0.5) is 4.39 Å². The molecule has 1 aliphatic rings. The molecule has 1 fully saturated rings. The molecule has 5 nitrogen and oxygen atoms in total. The molecular weight excluding hydrogens is 319 g/mol. The molecule has 2 aromatic heterocycles. The van der Waals surface area contributed by atoms with E-state index < -0.39 is 0 Å². The highest BCUT2D eigenvalue weighted by molar-refractivity contribution is 5.39. The Morgan fingerprint density at radius 2 is 2.16 bits per heavy atom. The van der Waals surface area contributed by atoms with E-state index in [4.69, 9.17) is 0 Å². The Kier molecular flexibility index (Phi) is 4.13. The maximum Gasteiger partial charge on any atom is 0.272 e. The van der Waals surface area contributed by atoms with Crippen molar-refractivity contribution >= 4 is 5.65 Å². The molecule has 1 atom stereocenters. The van der Waals surface area contributed by atoms with Crippen LogP contribution in [0.2, 0.25) is 0 Å². The Morgan fingerprint density at radius 1 is 1.28 bits per heavy atom. The minimum absolute atomic E-state index is 0.104. The van der Waals surface area contributed by atoms with Crippen molar-refractivity contribution in [1.29, 1.82) is 0 Å². The molecule has 4 rings (SSSR count). The van der Waals surface area contributed by atoms with E-state index in [1.807, 2.05) is 19.1 Å². The molecule has 3 aromatic rings. The fraction of sp³-hybridized carbons (Fsp3) is 0.368. The first-order valence-corrected chi connectivity index (χ1v) is 8.68. The van der Waals surface area contributed by atoms with E-state index in [1.165, 1.54) is 10.6 Å². The summed E-state index contributed by atoms with van der Waals surface area (Å²) in [6, 6.07) is 10.4. The third-order valence-electron chi connectivity index (χ3n) is 4.84. The van der Waals surface area contributed by atoms with E-state index in [2.05, 4.69) is 15.0 Å². The first-order chi connectivity index (χ1) is 12.1. The Hall–Kier alpha value is -2.47. The van der Waals surface area contributed by atoms with E-state index >= 15 is 0 Å². The van der Waals surface area contributed by atoms with Gasteiger partial charge in [-0.3, -0.25) is 14.8 Å². The Balaban J connectivity index is 1.64. The quantitative estimate of drug-likeness (QED) is 0.797. The van der Waals surface area contributed by atoms with Crippen LogP contribution in [0, 0.1) is 12.7 Å². The number of likely N-dealkylation sites (tertiary alicyclic amines) is 1. The summed E-state index contributed by atoms with van der Waals surface area (Å²) < 4.78 is 15.1. The summed E-state index contributed by atoms with van der Waals surface area (Å²) in [5.41, 5.74) is 3.19. The van der Waals surface area contributed by atoms with Crippen LogP contribution in [0.5, 0.6) is 0 Å². The number of halogens is 1. The van der Waals surface area contributed by atoms with Gasteiger partial charge in [0.2, 0.25) is 0 Å². The third kappa shape index (κ3) is 3.22. The first-order valence-electron chi connectivity index (χ1n) is 8.68. The molecule has 0 radical (unpaired) electrons. The highest BCUT2D eigenvalue weighted by atomic mass is 19.1. The number of H-pyrrole nitrogens is 1. The van der Waals surface area contributed by atoms with E-state index in [0.717, 1.165) is 42.8 Å². The second kappa shape index (κ2) is 6.44. The molecule has 25 heavy (non-hydrogen) atoms. The largest absolute Gasteiger partial charge is 0.294 e. The maximum atomic E-state index is 13.6. The molecule has 6 heteroatoms. The van der Waals surface area contributed by atoms with E-state index in [1.54, 1.807) is 18.2 Å². The van der Waals surface area contributed by atoms with Crippen molar-refractivity contribution in [3.8, 4) is 0 Å². The standard InChI is InChI=1S/C19H21FN4O/c1-13-9-18-21-16(11-19(25)24(18)22-13)12-23-8-3-2-7-17(23)14-5-4-6-15(20)10-14/h4-6,9-11,17,22H,2-3,7-8,12H2,1H3/t17-/m0/s1. The number of aryl methyl sites for hydroxylation is 1. The van der Waals surface area contributed by atoms with Gasteiger partial charge in [-0.2, -0.15) is 0 Å². The number of nitrogens with zero attached hydrogens (tertiary/aromatic N) is 3. The lowest BCUT2D eigenvalue weighted by Crippen LogP contribution is -2.33. The van der Waals surface area contributed by atoms with Crippen molar-refractivity contribution in [3.05, 3.63) is 69.5 Å². The lowest BCUT2D eigenvalue weighted by molar-refractivity contribution is 0.138. The summed E-state index contributed by atoms with van der Waals surface area (Å²) >= 11 is 0. The summed E-state index contributed by atoms with van der Waals surface area (Å²) in [5.74, 6) is -0.205. The molecule has 1 saturated heterocycles. The molecular formula is C19H21FN4O. The van der Waals surface area contributed by atoms with E-state index in [0.29, 0.717) is 12.2 Å². The number of rotatable bonds is 3. The lowest BCUT2D eigenvalue weighted by Gasteiger charge is -2.35. The summed E-state index contributed by atoms with van der Waals surface area (Å²) in [4.78, 5) is 19.2. The van der Waals surface area contributed by atoms with Gasteiger partial charge in [0.05, 0.1) is 5.69 Å². The van der Waals surface area contributed by atoms with Crippen LogP contribution in [0.3, 0.4) is 0 Å². The first kappa shape index (κ1) is 16.0. The number of nitrogens with one attached hydrogen (secondary N) is 1. The average molecular weight is 340 g/mol. The zero-order valence-electron chi connectivity index (χ0n) is 14.2. The number of aromatic amines is 1. The van der Waals surface area contributed by atoms with Crippen LogP contribution in [0.15, 0.2) is 41.2 Å². The van der Waals surface area contributed by atoms with Crippen LogP contribution in [-0.2, 0) is 6.54 Å². The van der Waals surface area contributed by atoms with Gasteiger partial charge in [0.1, 0.15) is 5.82 Å². The Morgan fingerprint density at radius 3 is 3.00 bits per heavy atom. The van der Waals surface area contributed by atoms with E-state index in [9.17, 15) is 9.18 Å². The Bertz CT molecular complexity index is 961. The SMILES string of the molecule is Cc1cc2nc(CN3CCCC[C@H]3c3cccc(F)c3)cc(=O)n2[nH]1. The molecule has 1 aliphatic heterocycles. The van der Waals surface area contributed by atoms with Crippen molar-refractivity contribution < 1.29 is 4.39 Å². The van der Waals surface area contributed by atoms with Gasteiger partial charge >= 0.3 is 0 Å². The fourth-order valence-electron chi connectivity index (χ4n) is 3.72. The minimum atomic E-state index is -0.205. The number of benzene rings is 1. The maximum absolute atomic E-state index is 13.6. The van der Waals surface area contributed by atoms with Gasteiger partial charge in [-0.05, 0) is 44.0 Å². The second-order valence-electron chi connectivity index (χ2n) is 6.76. The summed E-state index contributed by atoms with van der Waals surface area (Å²) in [5, 5.41) is 2.98. The van der Waals surface area contributed by atoms with Gasteiger partial charge in [0.25, 0.3) is 5.56 Å². The van der Waals surface area contributed by atoms with Crippen molar-refractivity contribution in [2.45, 2.75) is 38.8 Å². The second-order valence-corrected chi connectivity index (χ2v) is 6.76. The number of fused-ring (bicyclic) bond motifs is 1. The fourth-order valence-corrected chi connectivity index (χ4v) is 3.72. The highest BCUT2D eigenvalue weighted by Gasteiger charge is 2.25. The molecule has 130 valence electrons. The number of hydrogen-bond acceptors (Lipinski definition) is 3. The zero-order chi connectivity index (χ0) is 17.4. The van der Waals surface area contributed by atoms with E-state index in [-0.39, 0.29) is 17.4 Å². The highest BCUT2D eigenvalue weighted by Crippen LogP contribution is 2.32. The molecule has 0 spiro atoms. The minimum Gasteiger partial charge on any atom is -0.294 e. The van der Waals surface area contributed by atoms with Crippen LogP contribution in [0.1, 0.15) is 42.3 Å². The van der Waals surface area contributed by atoms with Gasteiger partial charge in [-0.15, -0.1) is 0 Å². The van der Waals surface area contributed by atoms with Crippen molar-refractivity contribution in [2.24, 2.45) is 0 Å². The van der Waals surface area contributed by atoms with Crippen molar-refractivity contribution in [3.63, 3.8) is 0 Å². The Labute approximate surface area is 145 Å². The topological polar surface area (TPSA) is 53.4 Å². The smallest absolute Gasteiger partial charge is 0.272 e. The van der Waals surface area contributed by atoms with Crippen molar-refractivity contribution in [2.75, 3.05) is 6.54 Å². The molecule has 1 N–H and O–H groups in total. The molecule has 0 bridgehead atoms. The van der Waals surface area contributed by atoms with Gasteiger partial charge in [-0.25, -0.2) is 13.9 Å². The zero-order valence-corrected chi connectivity index (χ0v) is 14.2. The lowest BCUT2D eigenvalue weighted by atomic mass is 9.95. The van der Waals surface area contributed by atoms with Gasteiger partial charge < -0.3 is 0 Å². The summed E-state index contributed by atoms with van der Waals surface area (Å²) in [6.07, 6.45) is 3.23. The van der Waals surface area contributed by atoms with Crippen LogP contribution >= 0.6 is 0 Å². The molecule has 0 aliphatic carbocycles. The van der Waals surface area contributed by atoms with Crippen LogP contribution < -0.4 is 5.56 Å². The van der Waals surface area contributed by atoms with Gasteiger partial charge in [0, 0.05) is 30.4 Å². The molecule has 0 unspecified atom stereocenters. The molecule has 1 aromatic carbocycles. The number of aromatic nitrogens is 3. The summed E-state index contributed by atoms with van der Waals surface area (Å²) in [7, 11) is 0. The normalized spacial score (nSPS) is 18.7. The number of piperidine rings is 1. The molecule has 0 saturated carbocycles. The van der Waals surface area contributed by atoms with Gasteiger partial charge in [0.15, 0.2) is 5.65 Å². The predicted molar refractivity (Wildman–Crippen MR) is 94.0 cm³/mol. The molecule has 3 heterocycles. The summed E-state index contributed by atoms with van der Waals surface area (Å²) in [6.45, 7) is 3.42. The monoisotopic (exact) mass is 340 g/mol. The van der Waals surface area contributed by atoms with Crippen LogP contribution in [0.25, 0.3) is 5.65 Å². The van der Waals surface area contributed by atoms with Gasteiger partial charge in [-0.1, -0.05) is 18.6 Å². The van der Waals surface area contributed by atoms with Crippen molar-refractivity contribution in [1.82, 2.24) is 19.5 Å². The predicted octanol–water partition coefficient (Wildman–Crippen LogP) is 3.20. The van der Waals surface area contributed by atoms with Crippen LogP contribution in [-0.4, -0.2) is 26.0 Å². The number of hydrogen-bond donors (Lipinski definition) is 1. The average Bonchev–Trinajstić information content (AvgIpc) is 2.96. The third-order valence-corrected chi connectivity index (χ3v) is 4.84.